The first-order valence-corrected chi connectivity index (χ1v) is 11.3. The van der Waals surface area contributed by atoms with E-state index < -0.39 is 11.2 Å². The summed E-state index contributed by atoms with van der Waals surface area (Å²) in [5.74, 6) is 1.38. The van der Waals surface area contributed by atoms with E-state index in [1.165, 1.54) is 0 Å². The first-order chi connectivity index (χ1) is 15.1. The third kappa shape index (κ3) is 4.35. The van der Waals surface area contributed by atoms with Crippen molar-refractivity contribution in [3.63, 3.8) is 0 Å². The molecule has 0 aliphatic carbocycles. The van der Waals surface area contributed by atoms with E-state index in [1.807, 2.05) is 32.4 Å². The molecule has 2 fully saturated rings. The summed E-state index contributed by atoms with van der Waals surface area (Å²) in [6.07, 6.45) is 1.13. The third-order valence-corrected chi connectivity index (χ3v) is 6.06. The van der Waals surface area contributed by atoms with Crippen LogP contribution in [0.4, 0.5) is 10.6 Å². The van der Waals surface area contributed by atoms with Gasteiger partial charge in [0.05, 0.1) is 19.8 Å². The van der Waals surface area contributed by atoms with Crippen molar-refractivity contribution < 1.29 is 19.0 Å². The van der Waals surface area contributed by atoms with Crippen molar-refractivity contribution >= 4 is 34.7 Å². The van der Waals surface area contributed by atoms with E-state index >= 15 is 0 Å². The average molecular weight is 467 g/mol. The van der Waals surface area contributed by atoms with Crippen LogP contribution in [0, 0.1) is 0 Å². The van der Waals surface area contributed by atoms with E-state index in [2.05, 4.69) is 14.9 Å². The van der Waals surface area contributed by atoms with Crippen molar-refractivity contribution in [3.8, 4) is 0 Å². The number of anilines is 1. The lowest BCUT2D eigenvalue weighted by Gasteiger charge is -2.41. The van der Waals surface area contributed by atoms with Crippen LogP contribution >= 0.6 is 11.6 Å². The Balaban J connectivity index is 1.74. The monoisotopic (exact) mass is 466 g/mol. The molecule has 2 aromatic heterocycles. The Bertz CT molecular complexity index is 1000. The Hall–Kier alpha value is -2.17. The topological polar surface area (TPSA) is 94.8 Å². The number of carbonyl (C=O) groups excluding carboxylic acids is 1. The molecular weight excluding hydrogens is 436 g/mol. The molecule has 4 rings (SSSR count). The summed E-state index contributed by atoms with van der Waals surface area (Å²) in [4.78, 5) is 30.5. The second-order valence-corrected chi connectivity index (χ2v) is 9.62. The van der Waals surface area contributed by atoms with Gasteiger partial charge < -0.3 is 28.6 Å². The number of rotatable bonds is 3. The van der Waals surface area contributed by atoms with Crippen LogP contribution < -0.4 is 4.90 Å². The number of methoxy groups -OCH3 is 1. The third-order valence-electron chi connectivity index (χ3n) is 5.89. The lowest BCUT2D eigenvalue weighted by Crippen LogP contribution is -2.51. The molecule has 10 nitrogen and oxygen atoms in total. The minimum atomic E-state index is -0.792. The minimum absolute atomic E-state index is 0.166. The van der Waals surface area contributed by atoms with E-state index in [4.69, 9.17) is 30.8 Å². The molecule has 0 aromatic carbocycles. The van der Waals surface area contributed by atoms with Crippen molar-refractivity contribution in [2.24, 2.45) is 7.05 Å². The standard InChI is InChI=1S/C21H31ClN6O4/c1-20(2,3)32-19(29)28-8-6-7-21(13-28,30-5)17-23-14-15(26(17)4)24-18(22)25-16(14)27-9-11-31-12-10-27/h6-13H2,1-5H3. The van der Waals surface area contributed by atoms with Crippen LogP contribution in [0.15, 0.2) is 0 Å². The maximum Gasteiger partial charge on any atom is 0.410 e. The second kappa shape index (κ2) is 8.64. The second-order valence-electron chi connectivity index (χ2n) is 9.29. The van der Waals surface area contributed by atoms with Gasteiger partial charge in [0.15, 0.2) is 17.0 Å². The molecule has 11 heteroatoms. The molecule has 0 N–H and O–H groups in total. The number of aromatic nitrogens is 4. The zero-order chi connectivity index (χ0) is 23.1. The zero-order valence-electron chi connectivity index (χ0n) is 19.4. The normalized spacial score (nSPS) is 22.4. The highest BCUT2D eigenvalue weighted by atomic mass is 35.5. The minimum Gasteiger partial charge on any atom is -0.444 e. The molecule has 1 unspecified atom stereocenters. The Morgan fingerprint density at radius 2 is 1.88 bits per heavy atom. The smallest absolute Gasteiger partial charge is 0.410 e. The molecule has 32 heavy (non-hydrogen) atoms. The number of halogens is 1. The molecule has 2 aliphatic heterocycles. The molecule has 0 bridgehead atoms. The molecule has 2 saturated heterocycles. The van der Waals surface area contributed by atoms with Crippen LogP contribution in [-0.4, -0.2) is 82.6 Å². The first kappa shape index (κ1) is 23.0. The number of nitrogens with zero attached hydrogens (tertiary/aromatic N) is 6. The number of carbonyl (C=O) groups is 1. The zero-order valence-corrected chi connectivity index (χ0v) is 20.1. The van der Waals surface area contributed by atoms with Gasteiger partial charge in [0.25, 0.3) is 0 Å². The van der Waals surface area contributed by atoms with Crippen molar-refractivity contribution in [1.82, 2.24) is 24.4 Å². The molecule has 0 spiro atoms. The van der Waals surface area contributed by atoms with Crippen LogP contribution in [-0.2, 0) is 26.9 Å². The largest absolute Gasteiger partial charge is 0.444 e. The number of aryl methyl sites for hydroxylation is 1. The van der Waals surface area contributed by atoms with Gasteiger partial charge in [-0.25, -0.2) is 9.78 Å². The van der Waals surface area contributed by atoms with Crippen LogP contribution in [0.2, 0.25) is 5.28 Å². The highest BCUT2D eigenvalue weighted by Gasteiger charge is 2.44. The predicted molar refractivity (Wildman–Crippen MR) is 120 cm³/mol. The van der Waals surface area contributed by atoms with E-state index in [-0.39, 0.29) is 11.4 Å². The van der Waals surface area contributed by atoms with Crippen LogP contribution in [0.25, 0.3) is 11.2 Å². The highest BCUT2D eigenvalue weighted by Crippen LogP contribution is 2.37. The van der Waals surface area contributed by atoms with Gasteiger partial charge in [0.1, 0.15) is 17.0 Å². The summed E-state index contributed by atoms with van der Waals surface area (Å²) in [7, 11) is 3.55. The fraction of sp³-hybridized carbons (Fsp3) is 0.714. The maximum atomic E-state index is 12.8. The van der Waals surface area contributed by atoms with E-state index in [0.29, 0.717) is 68.6 Å². The van der Waals surface area contributed by atoms with E-state index in [1.54, 1.807) is 12.0 Å². The lowest BCUT2D eigenvalue weighted by atomic mass is 9.91. The van der Waals surface area contributed by atoms with Gasteiger partial charge in [0.2, 0.25) is 5.28 Å². The summed E-state index contributed by atoms with van der Waals surface area (Å²) in [6, 6.07) is 0. The molecule has 176 valence electrons. The van der Waals surface area contributed by atoms with Crippen molar-refractivity contribution in [2.45, 2.75) is 44.8 Å². The van der Waals surface area contributed by atoms with Crippen molar-refractivity contribution in [2.75, 3.05) is 51.4 Å². The number of likely N-dealkylation sites (tertiary alicyclic amines) is 1. The number of morpholine rings is 1. The Kier molecular flexibility index (Phi) is 6.21. The molecular formula is C21H31ClN6O4. The van der Waals surface area contributed by atoms with Crippen LogP contribution in [0.3, 0.4) is 0 Å². The fourth-order valence-electron chi connectivity index (χ4n) is 4.37. The Labute approximate surface area is 192 Å². The quantitative estimate of drug-likeness (QED) is 0.637. The Morgan fingerprint density at radius 1 is 1.16 bits per heavy atom. The van der Waals surface area contributed by atoms with Gasteiger partial charge >= 0.3 is 6.09 Å². The van der Waals surface area contributed by atoms with Crippen molar-refractivity contribution in [1.29, 1.82) is 0 Å². The highest BCUT2D eigenvalue weighted by molar-refractivity contribution is 6.28. The van der Waals surface area contributed by atoms with E-state index in [0.717, 1.165) is 6.42 Å². The molecule has 0 radical (unpaired) electrons. The molecule has 2 aromatic rings. The number of imidazole rings is 1. The summed E-state index contributed by atoms with van der Waals surface area (Å²) < 4.78 is 19.0. The summed E-state index contributed by atoms with van der Waals surface area (Å²) >= 11 is 6.28. The lowest BCUT2D eigenvalue weighted by molar-refractivity contribution is -0.0798. The summed E-state index contributed by atoms with van der Waals surface area (Å²) in [6.45, 7) is 9.17. The Morgan fingerprint density at radius 3 is 2.53 bits per heavy atom. The number of fused-ring (bicyclic) bond motifs is 1. The summed E-state index contributed by atoms with van der Waals surface area (Å²) in [5, 5.41) is 0.166. The number of ether oxygens (including phenoxy) is 3. The predicted octanol–water partition coefficient (Wildman–Crippen LogP) is 2.73. The number of piperidine rings is 1. The first-order valence-electron chi connectivity index (χ1n) is 10.9. The maximum absolute atomic E-state index is 12.8. The van der Waals surface area contributed by atoms with Crippen LogP contribution in [0.5, 0.6) is 0 Å². The van der Waals surface area contributed by atoms with E-state index in [9.17, 15) is 4.79 Å². The SMILES string of the molecule is COC1(c2nc3c(N4CCOCC4)nc(Cl)nc3n2C)CCCN(C(=O)OC(C)(C)C)C1. The van der Waals surface area contributed by atoms with Crippen LogP contribution in [0.1, 0.15) is 39.4 Å². The summed E-state index contributed by atoms with van der Waals surface area (Å²) in [5.41, 5.74) is -0.0621. The van der Waals surface area contributed by atoms with Gasteiger partial charge in [-0.1, -0.05) is 0 Å². The molecule has 1 atom stereocenters. The molecule has 0 saturated carbocycles. The molecule has 1 amide bonds. The number of hydrogen-bond donors (Lipinski definition) is 0. The molecule has 2 aliphatic rings. The number of hydrogen-bond acceptors (Lipinski definition) is 8. The van der Waals surface area contributed by atoms with Gasteiger partial charge in [0, 0.05) is 33.8 Å². The van der Waals surface area contributed by atoms with Crippen molar-refractivity contribution in [3.05, 3.63) is 11.1 Å². The van der Waals surface area contributed by atoms with Gasteiger partial charge in [-0.05, 0) is 45.2 Å². The van der Waals surface area contributed by atoms with Gasteiger partial charge in [-0.15, -0.1) is 0 Å². The van der Waals surface area contributed by atoms with Gasteiger partial charge in [-0.3, -0.25) is 0 Å². The average Bonchev–Trinajstić information content (AvgIpc) is 3.09. The van der Waals surface area contributed by atoms with Gasteiger partial charge in [-0.2, -0.15) is 9.97 Å². The molecule has 4 heterocycles. The fourth-order valence-corrected chi connectivity index (χ4v) is 4.53. The number of amides is 1.